The average Bonchev–Trinajstić information content (AvgIpc) is 3.88. The SMILES string of the molecule is CCCCCCCCCCCCn1c2ccc(N(c3ccccc3)c3ccccc3)cc2c2cc3c(cc21)c1cc(N(c2ccccc2)c2ccccc2)ccc1n3CCCCCCCCCCCC. The minimum absolute atomic E-state index is 1.01. The van der Waals surface area contributed by atoms with Gasteiger partial charge in [-0.25, -0.2) is 0 Å². The van der Waals surface area contributed by atoms with Crippen molar-refractivity contribution in [3.63, 3.8) is 0 Å². The molecule has 0 aliphatic heterocycles. The van der Waals surface area contributed by atoms with Gasteiger partial charge in [-0.1, -0.05) is 202 Å². The molecule has 0 aliphatic carbocycles. The van der Waals surface area contributed by atoms with Crippen LogP contribution in [0.4, 0.5) is 34.1 Å². The first-order valence-corrected chi connectivity index (χ1v) is 27.6. The molecule has 0 unspecified atom stereocenters. The van der Waals surface area contributed by atoms with Gasteiger partial charge in [0.15, 0.2) is 0 Å². The van der Waals surface area contributed by atoms with E-state index in [1.807, 2.05) is 0 Å². The van der Waals surface area contributed by atoms with Crippen LogP contribution in [0.25, 0.3) is 43.6 Å². The van der Waals surface area contributed by atoms with Gasteiger partial charge in [-0.2, -0.15) is 0 Å². The van der Waals surface area contributed by atoms with Gasteiger partial charge in [0, 0.05) is 90.8 Å². The number of hydrogen-bond donors (Lipinski definition) is 0. The first-order valence-electron chi connectivity index (χ1n) is 27.6. The topological polar surface area (TPSA) is 16.3 Å². The lowest BCUT2D eigenvalue weighted by Gasteiger charge is -2.25. The smallest absolute Gasteiger partial charge is 0.0499 e. The van der Waals surface area contributed by atoms with E-state index in [1.165, 1.54) is 183 Å². The molecule has 2 heterocycles. The summed E-state index contributed by atoms with van der Waals surface area (Å²) < 4.78 is 5.34. The van der Waals surface area contributed by atoms with Crippen molar-refractivity contribution >= 4 is 77.7 Å². The Morgan fingerprint density at radius 3 is 0.829 bits per heavy atom. The van der Waals surface area contributed by atoms with Crippen molar-refractivity contribution in [3.05, 3.63) is 170 Å². The van der Waals surface area contributed by atoms with E-state index in [0.29, 0.717) is 0 Å². The quantitative estimate of drug-likeness (QED) is 0.0455. The zero-order valence-corrected chi connectivity index (χ0v) is 42.5. The molecule has 0 saturated heterocycles. The van der Waals surface area contributed by atoms with Crippen LogP contribution in [-0.4, -0.2) is 9.13 Å². The van der Waals surface area contributed by atoms with Crippen molar-refractivity contribution in [1.29, 1.82) is 0 Å². The molecule has 70 heavy (non-hydrogen) atoms. The van der Waals surface area contributed by atoms with Crippen molar-refractivity contribution in [2.75, 3.05) is 9.80 Å². The van der Waals surface area contributed by atoms with Gasteiger partial charge in [-0.3, -0.25) is 0 Å². The summed E-state index contributed by atoms with van der Waals surface area (Å²) in [6.45, 7) is 6.65. The fourth-order valence-corrected chi connectivity index (χ4v) is 11.1. The summed E-state index contributed by atoms with van der Waals surface area (Å²) in [5.41, 5.74) is 12.4. The van der Waals surface area contributed by atoms with Crippen LogP contribution in [0.5, 0.6) is 0 Å². The van der Waals surface area contributed by atoms with Crippen LogP contribution in [0, 0.1) is 0 Å². The monoisotopic (exact) mass is 927 g/mol. The summed E-state index contributed by atoms with van der Waals surface area (Å²) in [5.74, 6) is 0. The molecule has 0 saturated carbocycles. The Labute approximate surface area is 420 Å². The highest BCUT2D eigenvalue weighted by atomic mass is 15.1. The summed E-state index contributed by atoms with van der Waals surface area (Å²) in [5, 5.41) is 5.35. The van der Waals surface area contributed by atoms with Crippen molar-refractivity contribution in [3.8, 4) is 0 Å². The molecule has 7 aromatic carbocycles. The normalized spacial score (nSPS) is 11.7. The maximum Gasteiger partial charge on any atom is 0.0499 e. The second kappa shape index (κ2) is 25.0. The van der Waals surface area contributed by atoms with Crippen molar-refractivity contribution < 1.29 is 0 Å². The summed E-state index contributed by atoms with van der Waals surface area (Å²) in [6, 6.07) is 63.1. The van der Waals surface area contributed by atoms with E-state index < -0.39 is 0 Å². The Kier molecular flexibility index (Phi) is 17.4. The Bertz CT molecular complexity index is 2680. The third-order valence-corrected chi connectivity index (χ3v) is 14.9. The molecule has 9 aromatic rings. The van der Waals surface area contributed by atoms with Crippen LogP contribution in [0.3, 0.4) is 0 Å². The largest absolute Gasteiger partial charge is 0.340 e. The second-order valence-corrected chi connectivity index (χ2v) is 20.0. The van der Waals surface area contributed by atoms with Gasteiger partial charge in [-0.05, 0) is 110 Å². The molecule has 0 atom stereocenters. The van der Waals surface area contributed by atoms with Crippen LogP contribution in [0.1, 0.15) is 142 Å². The van der Waals surface area contributed by atoms with Gasteiger partial charge in [0.2, 0.25) is 0 Å². The number of aryl methyl sites for hydroxylation is 2. The van der Waals surface area contributed by atoms with Gasteiger partial charge in [0.05, 0.1) is 0 Å². The molecule has 0 radical (unpaired) electrons. The molecule has 0 amide bonds. The maximum atomic E-state index is 2.67. The molecule has 4 nitrogen and oxygen atoms in total. The zero-order chi connectivity index (χ0) is 47.7. The van der Waals surface area contributed by atoms with Gasteiger partial charge < -0.3 is 18.9 Å². The summed E-state index contributed by atoms with van der Waals surface area (Å²) in [4.78, 5) is 4.83. The van der Waals surface area contributed by atoms with E-state index in [0.717, 1.165) is 35.8 Å². The number of rotatable bonds is 28. The lowest BCUT2D eigenvalue weighted by molar-refractivity contribution is 0.541. The molecule has 0 aliphatic rings. The Morgan fingerprint density at radius 2 is 0.529 bits per heavy atom. The maximum absolute atomic E-state index is 2.67. The van der Waals surface area contributed by atoms with Crippen LogP contribution in [-0.2, 0) is 13.1 Å². The number of aromatic nitrogens is 2. The van der Waals surface area contributed by atoms with Gasteiger partial charge in [-0.15, -0.1) is 0 Å². The molecular formula is C66H78N4. The van der Waals surface area contributed by atoms with E-state index in [4.69, 9.17) is 0 Å². The number of unbranched alkanes of at least 4 members (excludes halogenated alkanes) is 18. The predicted octanol–water partition coefficient (Wildman–Crippen LogP) is 20.7. The minimum Gasteiger partial charge on any atom is -0.340 e. The van der Waals surface area contributed by atoms with Crippen molar-refractivity contribution in [2.45, 2.75) is 155 Å². The van der Waals surface area contributed by atoms with E-state index in [-0.39, 0.29) is 0 Å². The minimum atomic E-state index is 1.01. The fourth-order valence-electron chi connectivity index (χ4n) is 11.1. The Hall–Kier alpha value is -6.26. The van der Waals surface area contributed by atoms with Crippen molar-refractivity contribution in [2.24, 2.45) is 0 Å². The molecule has 2 aromatic heterocycles. The highest BCUT2D eigenvalue weighted by Crippen LogP contribution is 2.43. The second-order valence-electron chi connectivity index (χ2n) is 20.0. The number of fused-ring (bicyclic) bond motifs is 6. The standard InChI is InChI=1S/C66H78N4/c1-3-5-7-9-11-13-15-17-19-33-47-67-63-45-43-57(69(53-35-25-21-26-36-53)54-37-27-22-28-38-54)49-59(63)61-52-66-62(51-65(61)67)60-50-58(70(55-39-29-23-30-40-55)56-41-31-24-32-42-56)44-46-64(60)68(66)48-34-20-18-16-14-12-10-8-6-4-2/h21-32,35-46,49-52H,3-20,33-34,47-48H2,1-2H3. The van der Waals surface area contributed by atoms with Gasteiger partial charge >= 0.3 is 0 Å². The average molecular weight is 927 g/mol. The van der Waals surface area contributed by atoms with Gasteiger partial charge in [0.1, 0.15) is 0 Å². The summed E-state index contributed by atoms with van der Waals surface area (Å²) in [6.07, 6.45) is 26.7. The molecular weight excluding hydrogens is 849 g/mol. The molecule has 9 rings (SSSR count). The lowest BCUT2D eigenvalue weighted by atomic mass is 10.1. The van der Waals surface area contributed by atoms with Crippen molar-refractivity contribution in [1.82, 2.24) is 9.13 Å². The predicted molar refractivity (Wildman–Crippen MR) is 306 cm³/mol. The lowest BCUT2D eigenvalue weighted by Crippen LogP contribution is -2.09. The Morgan fingerprint density at radius 1 is 0.257 bits per heavy atom. The first kappa shape index (κ1) is 48.8. The van der Waals surface area contributed by atoms with Crippen LogP contribution >= 0.6 is 0 Å². The van der Waals surface area contributed by atoms with Crippen LogP contribution in [0.2, 0.25) is 0 Å². The van der Waals surface area contributed by atoms with E-state index in [9.17, 15) is 0 Å². The third kappa shape index (κ3) is 11.7. The molecule has 4 heteroatoms. The van der Waals surface area contributed by atoms with E-state index in [1.54, 1.807) is 0 Å². The highest BCUT2D eigenvalue weighted by Gasteiger charge is 2.21. The number of benzene rings is 7. The number of para-hydroxylation sites is 4. The number of nitrogens with zero attached hydrogens (tertiary/aromatic N) is 4. The van der Waals surface area contributed by atoms with Crippen LogP contribution in [0.15, 0.2) is 170 Å². The molecule has 0 bridgehead atoms. The summed E-state index contributed by atoms with van der Waals surface area (Å²) >= 11 is 0. The van der Waals surface area contributed by atoms with E-state index in [2.05, 4.69) is 203 Å². The molecule has 362 valence electrons. The first-order chi connectivity index (χ1) is 34.7. The molecule has 0 fully saturated rings. The zero-order valence-electron chi connectivity index (χ0n) is 42.5. The number of hydrogen-bond acceptors (Lipinski definition) is 2. The third-order valence-electron chi connectivity index (χ3n) is 14.9. The van der Waals surface area contributed by atoms with E-state index >= 15 is 0 Å². The Balaban J connectivity index is 1.13. The molecule has 0 N–H and O–H groups in total. The van der Waals surface area contributed by atoms with Gasteiger partial charge in [0.25, 0.3) is 0 Å². The molecule has 0 spiro atoms. The fraction of sp³-hybridized carbons (Fsp3) is 0.364. The highest BCUT2D eigenvalue weighted by molar-refractivity contribution is 6.19. The van der Waals surface area contributed by atoms with Crippen LogP contribution < -0.4 is 9.80 Å². The summed E-state index contributed by atoms with van der Waals surface area (Å²) in [7, 11) is 0. The number of anilines is 6.